The predicted molar refractivity (Wildman–Crippen MR) is 115 cm³/mol. The first-order chi connectivity index (χ1) is 14.0. The summed E-state index contributed by atoms with van der Waals surface area (Å²) in [6, 6.07) is 9.92. The van der Waals surface area contributed by atoms with Crippen LogP contribution < -0.4 is 0 Å². The van der Waals surface area contributed by atoms with Crippen molar-refractivity contribution in [1.82, 2.24) is 9.47 Å². The number of imide groups is 1. The van der Waals surface area contributed by atoms with Gasteiger partial charge in [0.05, 0.1) is 23.2 Å². The van der Waals surface area contributed by atoms with Gasteiger partial charge in [0.1, 0.15) is 0 Å². The van der Waals surface area contributed by atoms with Crippen LogP contribution in [0.1, 0.15) is 34.6 Å². The van der Waals surface area contributed by atoms with Crippen LogP contribution in [-0.4, -0.2) is 53.6 Å². The Bertz CT molecular complexity index is 1120. The maximum absolute atomic E-state index is 13.4. The highest BCUT2D eigenvalue weighted by Gasteiger charge is 2.40. The molecular formula is C22H24N2O4S. The van der Waals surface area contributed by atoms with E-state index in [0.717, 1.165) is 26.7 Å². The number of nitrogens with zero attached hydrogens (tertiary/aromatic N) is 2. The molecule has 0 fully saturated rings. The van der Waals surface area contributed by atoms with E-state index in [4.69, 9.17) is 9.47 Å². The summed E-state index contributed by atoms with van der Waals surface area (Å²) in [5.41, 5.74) is 2.75. The summed E-state index contributed by atoms with van der Waals surface area (Å²) in [4.78, 5) is 28.8. The van der Waals surface area contributed by atoms with Gasteiger partial charge in [0.25, 0.3) is 11.8 Å². The highest BCUT2D eigenvalue weighted by atomic mass is 32.2. The normalized spacial score (nSPS) is 14.0. The van der Waals surface area contributed by atoms with Crippen molar-refractivity contribution in [2.24, 2.45) is 7.05 Å². The zero-order valence-electron chi connectivity index (χ0n) is 17.0. The van der Waals surface area contributed by atoms with Crippen molar-refractivity contribution in [2.75, 3.05) is 26.0 Å². The molecule has 3 aromatic rings. The van der Waals surface area contributed by atoms with E-state index in [1.165, 1.54) is 4.90 Å². The second-order valence-electron chi connectivity index (χ2n) is 6.86. The molecule has 0 saturated heterocycles. The third-order valence-corrected chi connectivity index (χ3v) is 6.09. The lowest BCUT2D eigenvalue weighted by atomic mass is 10.0. The number of rotatable bonds is 7. The molecule has 7 heteroatoms. The summed E-state index contributed by atoms with van der Waals surface area (Å²) in [5.74, 6) is -0.588. The molecule has 0 aliphatic carbocycles. The summed E-state index contributed by atoms with van der Waals surface area (Å²) in [6.07, 6.45) is 1.36. The van der Waals surface area contributed by atoms with Crippen molar-refractivity contribution in [3.05, 3.63) is 41.5 Å². The predicted octanol–water partition coefficient (Wildman–Crippen LogP) is 4.05. The van der Waals surface area contributed by atoms with E-state index < -0.39 is 6.29 Å². The van der Waals surface area contributed by atoms with Crippen LogP contribution in [0.2, 0.25) is 0 Å². The van der Waals surface area contributed by atoms with Gasteiger partial charge in [0, 0.05) is 41.4 Å². The number of para-hydroxylation sites is 1. The molecule has 4 rings (SSSR count). The third kappa shape index (κ3) is 3.04. The number of aryl methyl sites for hydroxylation is 1. The molecule has 0 atom stereocenters. The SMILES string of the molecule is CCOC(CN1C(=O)c2cc(SC)c3c4ccccc4n(C)c3c2C1=O)OCC. The largest absolute Gasteiger partial charge is 0.351 e. The monoisotopic (exact) mass is 412 g/mol. The Hall–Kier alpha value is -2.35. The van der Waals surface area contributed by atoms with Crippen molar-refractivity contribution >= 4 is 45.4 Å². The zero-order chi connectivity index (χ0) is 20.7. The molecule has 0 unspecified atom stereocenters. The van der Waals surface area contributed by atoms with Gasteiger partial charge >= 0.3 is 0 Å². The molecule has 1 aliphatic heterocycles. The highest BCUT2D eigenvalue weighted by molar-refractivity contribution is 7.98. The van der Waals surface area contributed by atoms with Gasteiger partial charge in [-0.25, -0.2) is 0 Å². The number of hydrogen-bond donors (Lipinski definition) is 0. The lowest BCUT2D eigenvalue weighted by molar-refractivity contribution is -0.140. The topological polar surface area (TPSA) is 60.8 Å². The first-order valence-corrected chi connectivity index (χ1v) is 10.9. The fourth-order valence-electron chi connectivity index (χ4n) is 4.10. The van der Waals surface area contributed by atoms with Crippen LogP contribution in [-0.2, 0) is 16.5 Å². The van der Waals surface area contributed by atoms with E-state index in [9.17, 15) is 9.59 Å². The van der Waals surface area contributed by atoms with Crippen LogP contribution >= 0.6 is 11.8 Å². The van der Waals surface area contributed by atoms with E-state index in [2.05, 4.69) is 6.07 Å². The van der Waals surface area contributed by atoms with Gasteiger partial charge in [-0.3, -0.25) is 14.5 Å². The zero-order valence-corrected chi connectivity index (χ0v) is 17.8. The Labute approximate surface area is 173 Å². The molecular weight excluding hydrogens is 388 g/mol. The molecule has 1 aromatic heterocycles. The van der Waals surface area contributed by atoms with E-state index in [1.807, 2.05) is 56.0 Å². The van der Waals surface area contributed by atoms with Crippen molar-refractivity contribution < 1.29 is 19.1 Å². The lowest BCUT2D eigenvalue weighted by Crippen LogP contribution is -2.39. The summed E-state index contributed by atoms with van der Waals surface area (Å²) < 4.78 is 13.1. The molecule has 0 radical (unpaired) electrons. The van der Waals surface area contributed by atoms with Gasteiger partial charge in [-0.2, -0.15) is 0 Å². The quantitative estimate of drug-likeness (QED) is 0.333. The Kier molecular flexibility index (Phi) is 5.38. The van der Waals surface area contributed by atoms with E-state index in [-0.39, 0.29) is 18.4 Å². The number of ether oxygens (including phenoxy) is 2. The summed E-state index contributed by atoms with van der Waals surface area (Å²) >= 11 is 1.58. The molecule has 0 N–H and O–H groups in total. The standard InChI is InChI=1S/C22H24N2O4S/c1-5-27-17(28-6-2)12-24-21(25)14-11-16(29-4)18-13-9-7-8-10-15(13)23(3)20(18)19(14)22(24)26/h7-11,17H,5-6,12H2,1-4H3. The van der Waals surface area contributed by atoms with Crippen LogP contribution in [0, 0.1) is 0 Å². The van der Waals surface area contributed by atoms with Crippen molar-refractivity contribution in [2.45, 2.75) is 25.0 Å². The van der Waals surface area contributed by atoms with Gasteiger partial charge in [0.2, 0.25) is 0 Å². The molecule has 2 amide bonds. The Morgan fingerprint density at radius 2 is 1.76 bits per heavy atom. The van der Waals surface area contributed by atoms with Gasteiger partial charge in [-0.1, -0.05) is 18.2 Å². The van der Waals surface area contributed by atoms with Gasteiger partial charge in [-0.15, -0.1) is 11.8 Å². The van der Waals surface area contributed by atoms with Crippen molar-refractivity contribution in [3.8, 4) is 0 Å². The molecule has 0 bridgehead atoms. The summed E-state index contributed by atoms with van der Waals surface area (Å²) in [6.45, 7) is 4.68. The molecule has 2 aromatic carbocycles. The fourth-order valence-corrected chi connectivity index (χ4v) is 4.74. The van der Waals surface area contributed by atoms with Gasteiger partial charge in [0.15, 0.2) is 6.29 Å². The first-order valence-electron chi connectivity index (χ1n) is 9.70. The molecule has 0 saturated carbocycles. The minimum Gasteiger partial charge on any atom is -0.351 e. The number of carbonyl (C=O) groups excluding carboxylic acids is 2. The molecule has 6 nitrogen and oxygen atoms in total. The van der Waals surface area contributed by atoms with Gasteiger partial charge < -0.3 is 14.0 Å². The number of hydrogen-bond acceptors (Lipinski definition) is 5. The third-order valence-electron chi connectivity index (χ3n) is 5.33. The molecule has 152 valence electrons. The van der Waals surface area contributed by atoms with Crippen LogP contribution in [0.4, 0.5) is 0 Å². The fraction of sp³-hybridized carbons (Fsp3) is 0.364. The van der Waals surface area contributed by atoms with Crippen LogP contribution in [0.15, 0.2) is 35.2 Å². The maximum atomic E-state index is 13.4. The average Bonchev–Trinajstić information content (AvgIpc) is 3.15. The molecule has 0 spiro atoms. The second kappa shape index (κ2) is 7.82. The van der Waals surface area contributed by atoms with Gasteiger partial charge in [-0.05, 0) is 32.2 Å². The molecule has 29 heavy (non-hydrogen) atoms. The smallest absolute Gasteiger partial charge is 0.263 e. The first kappa shape index (κ1) is 19.9. The number of aromatic nitrogens is 1. The number of benzene rings is 2. The number of fused-ring (bicyclic) bond motifs is 5. The maximum Gasteiger partial charge on any atom is 0.263 e. The lowest BCUT2D eigenvalue weighted by Gasteiger charge is -2.22. The minimum atomic E-state index is -0.629. The van der Waals surface area contributed by atoms with Crippen LogP contribution in [0.25, 0.3) is 21.8 Å². The average molecular weight is 413 g/mol. The minimum absolute atomic E-state index is 0.0774. The van der Waals surface area contributed by atoms with E-state index in [0.29, 0.717) is 24.3 Å². The van der Waals surface area contributed by atoms with Crippen molar-refractivity contribution in [3.63, 3.8) is 0 Å². The number of amides is 2. The Morgan fingerprint density at radius 1 is 1.07 bits per heavy atom. The van der Waals surface area contributed by atoms with Crippen LogP contribution in [0.5, 0.6) is 0 Å². The summed E-state index contributed by atoms with van der Waals surface area (Å²) in [5, 5.41) is 2.10. The highest BCUT2D eigenvalue weighted by Crippen LogP contribution is 2.41. The van der Waals surface area contributed by atoms with Crippen LogP contribution in [0.3, 0.4) is 0 Å². The molecule has 1 aliphatic rings. The van der Waals surface area contributed by atoms with E-state index >= 15 is 0 Å². The Balaban J connectivity index is 1.90. The second-order valence-corrected chi connectivity index (χ2v) is 7.71. The van der Waals surface area contributed by atoms with Crippen molar-refractivity contribution in [1.29, 1.82) is 0 Å². The summed E-state index contributed by atoms with van der Waals surface area (Å²) in [7, 11) is 1.94. The number of carbonyl (C=O) groups is 2. The molecule has 2 heterocycles. The van der Waals surface area contributed by atoms with E-state index in [1.54, 1.807) is 11.8 Å². The Morgan fingerprint density at radius 3 is 2.41 bits per heavy atom. The number of thioether (sulfide) groups is 1.